The topological polar surface area (TPSA) is 78.6 Å². The van der Waals surface area contributed by atoms with Crippen LogP contribution in [0.1, 0.15) is 28.6 Å². The summed E-state index contributed by atoms with van der Waals surface area (Å²) in [6.07, 6.45) is 0.754. The first-order chi connectivity index (χ1) is 8.61. The van der Waals surface area contributed by atoms with E-state index in [2.05, 4.69) is 10.3 Å². The van der Waals surface area contributed by atoms with Crippen LogP contribution in [0.4, 0.5) is 0 Å². The average molecular weight is 269 g/mol. The second-order valence-corrected chi connectivity index (χ2v) is 5.69. The minimum atomic E-state index is -0.260. The highest BCUT2D eigenvalue weighted by molar-refractivity contribution is 7.12. The van der Waals surface area contributed by atoms with Crippen LogP contribution in [-0.4, -0.2) is 35.1 Å². The number of aliphatic hydroxyl groups is 1. The summed E-state index contributed by atoms with van der Waals surface area (Å²) in [6.45, 7) is 4.44. The Hall–Kier alpha value is -0.950. The molecule has 1 aliphatic rings. The predicted molar refractivity (Wildman–Crippen MR) is 71.0 cm³/mol. The lowest BCUT2D eigenvalue weighted by Gasteiger charge is -2.17. The van der Waals surface area contributed by atoms with Crippen molar-refractivity contribution in [2.75, 3.05) is 13.1 Å². The van der Waals surface area contributed by atoms with Gasteiger partial charge in [-0.2, -0.15) is 0 Å². The number of nitrogen functional groups attached to an aromatic ring is 1. The number of carbonyl (C=O) groups excluding carboxylic acids is 1. The van der Waals surface area contributed by atoms with E-state index in [1.54, 1.807) is 0 Å². The van der Waals surface area contributed by atoms with Gasteiger partial charge in [-0.1, -0.05) is 0 Å². The molecule has 0 bridgehead atoms. The molecule has 0 aliphatic carbocycles. The zero-order valence-electron chi connectivity index (χ0n) is 10.4. The minimum absolute atomic E-state index is 0.230. The molecule has 4 N–H and O–H groups in total. The van der Waals surface area contributed by atoms with Crippen LogP contribution in [0.2, 0.25) is 0 Å². The van der Waals surface area contributed by atoms with Crippen LogP contribution in [0.3, 0.4) is 0 Å². The van der Waals surface area contributed by atoms with Gasteiger partial charge in [0.15, 0.2) is 0 Å². The number of hydrazine groups is 1. The normalized spacial score (nSPS) is 22.1. The van der Waals surface area contributed by atoms with E-state index < -0.39 is 0 Å². The van der Waals surface area contributed by atoms with Crippen molar-refractivity contribution in [1.82, 2.24) is 10.3 Å². The lowest BCUT2D eigenvalue weighted by Crippen LogP contribution is -2.31. The number of likely N-dealkylation sites (tertiary alicyclic amines) is 1. The second kappa shape index (κ2) is 5.79. The van der Waals surface area contributed by atoms with Gasteiger partial charge >= 0.3 is 0 Å². The fourth-order valence-corrected chi connectivity index (χ4v) is 3.18. The Balaban J connectivity index is 1.99. The highest BCUT2D eigenvalue weighted by atomic mass is 32.1. The zero-order chi connectivity index (χ0) is 13.1. The fraction of sp³-hybridized carbons (Fsp3) is 0.583. The maximum Gasteiger partial charge on any atom is 0.275 e. The molecule has 1 fully saturated rings. The molecule has 1 saturated heterocycles. The van der Waals surface area contributed by atoms with Gasteiger partial charge in [-0.3, -0.25) is 15.1 Å². The van der Waals surface area contributed by atoms with Crippen molar-refractivity contribution in [1.29, 1.82) is 0 Å². The summed E-state index contributed by atoms with van der Waals surface area (Å²) < 4.78 is 0. The first-order valence-electron chi connectivity index (χ1n) is 6.09. The molecule has 2 atom stereocenters. The Morgan fingerprint density at radius 1 is 1.78 bits per heavy atom. The van der Waals surface area contributed by atoms with Gasteiger partial charge in [-0.05, 0) is 42.8 Å². The van der Waals surface area contributed by atoms with Crippen molar-refractivity contribution in [2.45, 2.75) is 26.0 Å². The zero-order valence-corrected chi connectivity index (χ0v) is 11.2. The van der Waals surface area contributed by atoms with Gasteiger partial charge in [0.1, 0.15) is 0 Å². The van der Waals surface area contributed by atoms with Gasteiger partial charge in [0.05, 0.1) is 11.0 Å². The Kier molecular flexibility index (Phi) is 4.34. The number of thiophene rings is 1. The SMILES string of the molecule is CC(O)C1CCN(Cc2ccsc2C(=O)NN)C1. The number of rotatable bonds is 4. The van der Waals surface area contributed by atoms with Crippen molar-refractivity contribution in [2.24, 2.45) is 11.8 Å². The van der Waals surface area contributed by atoms with E-state index in [4.69, 9.17) is 5.84 Å². The molecule has 2 heterocycles. The summed E-state index contributed by atoms with van der Waals surface area (Å²) in [6, 6.07) is 1.96. The molecule has 1 aromatic heterocycles. The molecule has 0 saturated carbocycles. The first-order valence-corrected chi connectivity index (χ1v) is 6.97. The maximum absolute atomic E-state index is 11.6. The van der Waals surface area contributed by atoms with Crippen LogP contribution in [0.5, 0.6) is 0 Å². The molecular weight excluding hydrogens is 250 g/mol. The van der Waals surface area contributed by atoms with Crippen molar-refractivity contribution >= 4 is 17.2 Å². The van der Waals surface area contributed by atoms with Crippen LogP contribution in [0.25, 0.3) is 0 Å². The largest absolute Gasteiger partial charge is 0.393 e. The van der Waals surface area contributed by atoms with E-state index >= 15 is 0 Å². The molecule has 0 radical (unpaired) electrons. The Bertz CT molecular complexity index is 419. The number of amides is 1. The van der Waals surface area contributed by atoms with E-state index in [1.165, 1.54) is 11.3 Å². The minimum Gasteiger partial charge on any atom is -0.393 e. The van der Waals surface area contributed by atoms with Crippen molar-refractivity contribution in [3.63, 3.8) is 0 Å². The van der Waals surface area contributed by atoms with Crippen LogP contribution >= 0.6 is 11.3 Å². The Labute approximate surface area is 111 Å². The number of nitrogens with one attached hydrogen (secondary N) is 1. The average Bonchev–Trinajstić information content (AvgIpc) is 2.97. The molecule has 18 heavy (non-hydrogen) atoms. The van der Waals surface area contributed by atoms with Gasteiger partial charge in [-0.25, -0.2) is 5.84 Å². The van der Waals surface area contributed by atoms with Gasteiger partial charge < -0.3 is 5.11 Å². The van der Waals surface area contributed by atoms with Crippen molar-refractivity contribution in [3.05, 3.63) is 21.9 Å². The molecule has 0 spiro atoms. The summed E-state index contributed by atoms with van der Waals surface area (Å²) in [5.41, 5.74) is 3.18. The summed E-state index contributed by atoms with van der Waals surface area (Å²) in [4.78, 5) is 14.5. The fourth-order valence-electron chi connectivity index (χ4n) is 2.37. The highest BCUT2D eigenvalue weighted by Gasteiger charge is 2.26. The molecule has 2 rings (SSSR count). The Morgan fingerprint density at radius 3 is 3.17 bits per heavy atom. The summed E-state index contributed by atoms with van der Waals surface area (Å²) in [7, 11) is 0. The smallest absolute Gasteiger partial charge is 0.275 e. The van der Waals surface area contributed by atoms with E-state index in [9.17, 15) is 9.90 Å². The molecular formula is C12H19N3O2S. The number of nitrogens with zero attached hydrogens (tertiary/aromatic N) is 1. The van der Waals surface area contributed by atoms with Gasteiger partial charge in [-0.15, -0.1) is 11.3 Å². The lowest BCUT2D eigenvalue weighted by molar-refractivity contribution is 0.0955. The van der Waals surface area contributed by atoms with Gasteiger partial charge in [0.25, 0.3) is 5.91 Å². The second-order valence-electron chi connectivity index (χ2n) is 4.77. The molecule has 1 aromatic rings. The number of aliphatic hydroxyl groups excluding tert-OH is 1. The van der Waals surface area contributed by atoms with Crippen molar-refractivity contribution in [3.8, 4) is 0 Å². The third-order valence-electron chi connectivity index (χ3n) is 3.47. The maximum atomic E-state index is 11.6. The van der Waals surface area contributed by atoms with E-state index in [-0.39, 0.29) is 12.0 Å². The lowest BCUT2D eigenvalue weighted by atomic mass is 10.0. The van der Waals surface area contributed by atoms with Crippen LogP contribution in [0, 0.1) is 5.92 Å². The molecule has 1 aliphatic heterocycles. The van der Waals surface area contributed by atoms with Gasteiger partial charge in [0, 0.05) is 13.1 Å². The summed E-state index contributed by atoms with van der Waals surface area (Å²) in [5, 5.41) is 11.5. The predicted octanol–water partition coefficient (Wildman–Crippen LogP) is 0.554. The number of hydrogen-bond acceptors (Lipinski definition) is 5. The van der Waals surface area contributed by atoms with Crippen molar-refractivity contribution < 1.29 is 9.90 Å². The molecule has 1 amide bonds. The van der Waals surface area contributed by atoms with Gasteiger partial charge in [0.2, 0.25) is 0 Å². The molecule has 2 unspecified atom stereocenters. The van der Waals surface area contributed by atoms with E-state index in [0.29, 0.717) is 10.8 Å². The quantitative estimate of drug-likeness (QED) is 0.424. The van der Waals surface area contributed by atoms with Crippen LogP contribution in [-0.2, 0) is 6.54 Å². The highest BCUT2D eigenvalue weighted by Crippen LogP contribution is 2.24. The monoisotopic (exact) mass is 269 g/mol. The molecule has 5 nitrogen and oxygen atoms in total. The third kappa shape index (κ3) is 2.89. The standard InChI is InChI=1S/C12H19N3O2S/c1-8(16)9-2-4-15(6-9)7-10-3-5-18-11(10)12(17)14-13/h3,5,8-9,16H,2,4,6-7,13H2,1H3,(H,14,17). The molecule has 0 aromatic carbocycles. The number of carbonyl (C=O) groups is 1. The molecule has 100 valence electrons. The Morgan fingerprint density at radius 2 is 2.56 bits per heavy atom. The molecule has 6 heteroatoms. The summed E-state index contributed by atoms with van der Waals surface area (Å²) >= 11 is 1.40. The van der Waals surface area contributed by atoms with Crippen LogP contribution in [0.15, 0.2) is 11.4 Å². The van der Waals surface area contributed by atoms with Crippen LogP contribution < -0.4 is 11.3 Å². The third-order valence-corrected chi connectivity index (χ3v) is 4.42. The number of nitrogens with two attached hydrogens (primary N) is 1. The van der Waals surface area contributed by atoms with E-state index in [1.807, 2.05) is 18.4 Å². The first kappa shape index (κ1) is 13.5. The van der Waals surface area contributed by atoms with E-state index in [0.717, 1.165) is 31.6 Å². The number of hydrogen-bond donors (Lipinski definition) is 3. The summed E-state index contributed by atoms with van der Waals surface area (Å²) in [5.74, 6) is 5.28.